The van der Waals surface area contributed by atoms with Crippen LogP contribution in [0.2, 0.25) is 6.32 Å². The fourth-order valence-corrected chi connectivity index (χ4v) is 2.17. The summed E-state index contributed by atoms with van der Waals surface area (Å²) in [6, 6.07) is 0.875. The molecular formula is C10H23BN2O2. The summed E-state index contributed by atoms with van der Waals surface area (Å²) in [5.41, 5.74) is 6.01. The summed E-state index contributed by atoms with van der Waals surface area (Å²) in [5, 5.41) is 20.8. The van der Waals surface area contributed by atoms with Gasteiger partial charge in [-0.25, -0.2) is 0 Å². The highest BCUT2D eigenvalue weighted by atomic mass is 16.4. The molecule has 1 aliphatic heterocycles. The zero-order valence-electron chi connectivity index (χ0n) is 9.36. The monoisotopic (exact) mass is 214 g/mol. The fourth-order valence-electron chi connectivity index (χ4n) is 2.17. The van der Waals surface area contributed by atoms with E-state index >= 15 is 0 Å². The van der Waals surface area contributed by atoms with Gasteiger partial charge in [0.05, 0.1) is 0 Å². The minimum absolute atomic E-state index is 0.261. The summed E-state index contributed by atoms with van der Waals surface area (Å²) in [4.78, 5) is 0. The van der Waals surface area contributed by atoms with Crippen molar-refractivity contribution in [3.8, 4) is 0 Å². The lowest BCUT2D eigenvalue weighted by Crippen LogP contribution is -2.31. The number of hydrogen-bond acceptors (Lipinski definition) is 4. The van der Waals surface area contributed by atoms with Crippen LogP contribution in [-0.2, 0) is 0 Å². The second-order valence-corrected chi connectivity index (χ2v) is 4.55. The molecule has 0 bridgehead atoms. The van der Waals surface area contributed by atoms with E-state index in [2.05, 4.69) is 5.32 Å². The predicted molar refractivity (Wildman–Crippen MR) is 62.5 cm³/mol. The summed E-state index contributed by atoms with van der Waals surface area (Å²) in [6.07, 6.45) is 6.88. The first kappa shape index (κ1) is 13.0. The van der Waals surface area contributed by atoms with Crippen molar-refractivity contribution in [3.63, 3.8) is 0 Å². The molecule has 1 fully saturated rings. The molecule has 0 unspecified atom stereocenters. The molecule has 0 aromatic rings. The summed E-state index contributed by atoms with van der Waals surface area (Å²) < 4.78 is 0. The van der Waals surface area contributed by atoms with Gasteiger partial charge in [0.1, 0.15) is 0 Å². The number of rotatable bonds is 7. The van der Waals surface area contributed by atoms with Gasteiger partial charge in [0, 0.05) is 12.1 Å². The molecule has 5 N–H and O–H groups in total. The van der Waals surface area contributed by atoms with Crippen molar-refractivity contribution in [2.75, 3.05) is 6.54 Å². The Morgan fingerprint density at radius 3 is 2.80 bits per heavy atom. The van der Waals surface area contributed by atoms with Gasteiger partial charge in [0.2, 0.25) is 0 Å². The number of hydrogen-bond donors (Lipinski definition) is 4. The van der Waals surface area contributed by atoms with E-state index in [-0.39, 0.29) is 6.04 Å². The molecule has 0 aliphatic carbocycles. The van der Waals surface area contributed by atoms with Gasteiger partial charge in [-0.1, -0.05) is 12.8 Å². The van der Waals surface area contributed by atoms with E-state index in [0.29, 0.717) is 12.4 Å². The van der Waals surface area contributed by atoms with E-state index in [0.717, 1.165) is 32.2 Å². The standard InChI is InChI=1S/C10H23BN2O2/c12-9(4-1-2-6-11(14)15)8-10-5-3-7-13-10/h9-10,13-15H,1-8,12H2/t9-,10-/m1/s1. The molecule has 88 valence electrons. The van der Waals surface area contributed by atoms with Gasteiger partial charge in [-0.2, -0.15) is 0 Å². The molecule has 1 aliphatic rings. The Labute approximate surface area is 92.4 Å². The summed E-state index contributed by atoms with van der Waals surface area (Å²) in [6.45, 7) is 1.13. The molecule has 1 rings (SSSR count). The van der Waals surface area contributed by atoms with E-state index in [1.165, 1.54) is 12.8 Å². The van der Waals surface area contributed by atoms with Gasteiger partial charge in [-0.3, -0.25) is 0 Å². The van der Waals surface area contributed by atoms with Crippen LogP contribution in [0.3, 0.4) is 0 Å². The molecule has 0 spiro atoms. The maximum atomic E-state index is 8.66. The van der Waals surface area contributed by atoms with Crippen molar-refractivity contribution >= 4 is 7.12 Å². The average molecular weight is 214 g/mol. The topological polar surface area (TPSA) is 78.5 Å². The minimum Gasteiger partial charge on any atom is -0.427 e. The zero-order chi connectivity index (χ0) is 11.1. The van der Waals surface area contributed by atoms with Crippen molar-refractivity contribution in [3.05, 3.63) is 0 Å². The summed E-state index contributed by atoms with van der Waals surface area (Å²) in [7, 11) is -1.15. The lowest BCUT2D eigenvalue weighted by atomic mass is 9.83. The smallest absolute Gasteiger partial charge is 0.427 e. The van der Waals surface area contributed by atoms with Crippen LogP contribution in [-0.4, -0.2) is 35.8 Å². The van der Waals surface area contributed by atoms with E-state index in [4.69, 9.17) is 15.8 Å². The highest BCUT2D eigenvalue weighted by Gasteiger charge is 2.17. The first-order chi connectivity index (χ1) is 7.18. The maximum Gasteiger partial charge on any atom is 0.451 e. The first-order valence-electron chi connectivity index (χ1n) is 6.03. The van der Waals surface area contributed by atoms with Crippen LogP contribution in [0.5, 0.6) is 0 Å². The third-order valence-corrected chi connectivity index (χ3v) is 3.04. The minimum atomic E-state index is -1.15. The quantitative estimate of drug-likeness (QED) is 0.358. The molecular weight excluding hydrogens is 191 g/mol. The highest BCUT2D eigenvalue weighted by Crippen LogP contribution is 2.13. The van der Waals surface area contributed by atoms with Gasteiger partial charge in [0.25, 0.3) is 0 Å². The Hall–Kier alpha value is -0.0951. The number of nitrogens with two attached hydrogens (primary N) is 1. The van der Waals surface area contributed by atoms with Gasteiger partial charge < -0.3 is 21.1 Å². The highest BCUT2D eigenvalue weighted by molar-refractivity contribution is 6.40. The first-order valence-corrected chi connectivity index (χ1v) is 6.03. The Kier molecular flexibility index (Phi) is 6.25. The number of nitrogens with one attached hydrogen (secondary N) is 1. The Bertz CT molecular complexity index is 164. The third-order valence-electron chi connectivity index (χ3n) is 3.04. The van der Waals surface area contributed by atoms with Crippen molar-refractivity contribution in [1.82, 2.24) is 5.32 Å². The zero-order valence-corrected chi connectivity index (χ0v) is 9.36. The predicted octanol–water partition coefficient (Wildman–Crippen LogP) is 0.0989. The van der Waals surface area contributed by atoms with Gasteiger partial charge >= 0.3 is 7.12 Å². The van der Waals surface area contributed by atoms with E-state index < -0.39 is 7.12 Å². The van der Waals surface area contributed by atoms with E-state index in [9.17, 15) is 0 Å². The van der Waals surface area contributed by atoms with Crippen LogP contribution in [0.4, 0.5) is 0 Å². The fraction of sp³-hybridized carbons (Fsp3) is 1.00. The average Bonchev–Trinajstić information content (AvgIpc) is 2.64. The summed E-state index contributed by atoms with van der Waals surface area (Å²) in [5.74, 6) is 0. The summed E-state index contributed by atoms with van der Waals surface area (Å²) >= 11 is 0. The second-order valence-electron chi connectivity index (χ2n) is 4.55. The van der Waals surface area contributed by atoms with Crippen molar-refractivity contribution in [1.29, 1.82) is 0 Å². The van der Waals surface area contributed by atoms with Crippen LogP contribution >= 0.6 is 0 Å². The lowest BCUT2D eigenvalue weighted by Gasteiger charge is -2.16. The number of unbranched alkanes of at least 4 members (excludes halogenated alkanes) is 1. The van der Waals surface area contributed by atoms with Crippen molar-refractivity contribution < 1.29 is 10.0 Å². The van der Waals surface area contributed by atoms with Gasteiger partial charge in [0.15, 0.2) is 0 Å². The molecule has 0 radical (unpaired) electrons. The molecule has 5 heteroatoms. The molecule has 2 atom stereocenters. The van der Waals surface area contributed by atoms with Crippen molar-refractivity contribution in [2.45, 2.75) is 56.9 Å². The SMILES string of the molecule is N[C@H](CCCCB(O)O)C[C@H]1CCCN1. The van der Waals surface area contributed by atoms with Crippen LogP contribution in [0.15, 0.2) is 0 Å². The van der Waals surface area contributed by atoms with E-state index in [1.807, 2.05) is 0 Å². The van der Waals surface area contributed by atoms with E-state index in [1.54, 1.807) is 0 Å². The molecule has 1 saturated heterocycles. The normalized spacial score (nSPS) is 23.0. The van der Waals surface area contributed by atoms with Crippen LogP contribution in [0.25, 0.3) is 0 Å². The molecule has 1 heterocycles. The maximum absolute atomic E-state index is 8.66. The lowest BCUT2D eigenvalue weighted by molar-refractivity contribution is 0.398. The Morgan fingerprint density at radius 2 is 2.20 bits per heavy atom. The third kappa shape index (κ3) is 6.15. The largest absolute Gasteiger partial charge is 0.451 e. The van der Waals surface area contributed by atoms with Crippen LogP contribution in [0, 0.1) is 0 Å². The molecule has 0 amide bonds. The van der Waals surface area contributed by atoms with Crippen LogP contribution in [0.1, 0.15) is 38.5 Å². The molecule has 4 nitrogen and oxygen atoms in total. The Morgan fingerprint density at radius 1 is 1.40 bits per heavy atom. The molecule has 15 heavy (non-hydrogen) atoms. The van der Waals surface area contributed by atoms with Crippen molar-refractivity contribution in [2.24, 2.45) is 5.73 Å². The Balaban J connectivity index is 1.95. The molecule has 0 aromatic heterocycles. The molecule has 0 saturated carbocycles. The second kappa shape index (κ2) is 7.22. The van der Waals surface area contributed by atoms with Gasteiger partial charge in [-0.15, -0.1) is 0 Å². The van der Waals surface area contributed by atoms with Gasteiger partial charge in [-0.05, 0) is 38.5 Å². The van der Waals surface area contributed by atoms with Crippen LogP contribution < -0.4 is 11.1 Å². The molecule has 0 aromatic carbocycles.